The lowest BCUT2D eigenvalue weighted by Crippen LogP contribution is -2.38. The highest BCUT2D eigenvalue weighted by Crippen LogP contribution is 2.21. The zero-order chi connectivity index (χ0) is 18.6. The number of amides is 1. The van der Waals surface area contributed by atoms with E-state index in [1.807, 2.05) is 51.1 Å². The van der Waals surface area contributed by atoms with Crippen molar-refractivity contribution in [2.75, 3.05) is 0 Å². The van der Waals surface area contributed by atoms with Crippen LogP contribution in [0.5, 0.6) is 0 Å². The van der Waals surface area contributed by atoms with E-state index in [0.29, 0.717) is 0 Å². The number of benzene rings is 1. The summed E-state index contributed by atoms with van der Waals surface area (Å²) in [5.41, 5.74) is 1.37. The van der Waals surface area contributed by atoms with E-state index < -0.39 is 0 Å². The summed E-state index contributed by atoms with van der Waals surface area (Å²) in [5.74, 6) is 0.0140. The Morgan fingerprint density at radius 1 is 1.12 bits per heavy atom. The molecule has 0 radical (unpaired) electrons. The van der Waals surface area contributed by atoms with Crippen molar-refractivity contribution < 1.29 is 4.79 Å². The fourth-order valence-electron chi connectivity index (χ4n) is 2.61. The molecule has 0 bridgehead atoms. The minimum Gasteiger partial charge on any atom is -0.347 e. The lowest BCUT2D eigenvalue weighted by Gasteiger charge is -2.23. The summed E-state index contributed by atoms with van der Waals surface area (Å²) in [6.07, 6.45) is 0. The van der Waals surface area contributed by atoms with Crippen molar-refractivity contribution >= 4 is 5.91 Å². The predicted molar refractivity (Wildman–Crippen MR) is 99.4 cm³/mol. The normalized spacial score (nSPS) is 12.9. The monoisotopic (exact) mass is 341 g/mol. The van der Waals surface area contributed by atoms with E-state index >= 15 is 0 Å². The molecule has 0 fully saturated rings. The van der Waals surface area contributed by atoms with Crippen molar-refractivity contribution in [3.05, 3.63) is 64.1 Å². The molecule has 1 aromatic heterocycles. The van der Waals surface area contributed by atoms with Crippen LogP contribution in [0.25, 0.3) is 0 Å². The summed E-state index contributed by atoms with van der Waals surface area (Å²) >= 11 is 0. The lowest BCUT2D eigenvalue weighted by molar-refractivity contribution is -0.123. The Hall–Kier alpha value is -2.43. The summed E-state index contributed by atoms with van der Waals surface area (Å²) in [7, 11) is 0. The van der Waals surface area contributed by atoms with Crippen LogP contribution in [0.2, 0.25) is 0 Å². The molecule has 134 valence electrons. The van der Waals surface area contributed by atoms with Crippen molar-refractivity contribution in [3.63, 3.8) is 0 Å². The van der Waals surface area contributed by atoms with Gasteiger partial charge in [0.1, 0.15) is 6.54 Å². The molecule has 0 spiro atoms. The largest absolute Gasteiger partial charge is 0.347 e. The van der Waals surface area contributed by atoms with Gasteiger partial charge in [-0.15, -0.1) is 0 Å². The number of hydrogen-bond acceptors (Lipinski definition) is 3. The highest BCUT2D eigenvalue weighted by molar-refractivity contribution is 5.76. The molecule has 2 rings (SSSR count). The molecule has 0 aliphatic carbocycles. The Kier molecular flexibility index (Phi) is 5.77. The van der Waals surface area contributed by atoms with Crippen molar-refractivity contribution in [2.24, 2.45) is 5.92 Å². The van der Waals surface area contributed by atoms with Crippen LogP contribution in [-0.2, 0) is 16.8 Å². The second-order valence-electron chi connectivity index (χ2n) is 7.66. The van der Waals surface area contributed by atoms with Crippen LogP contribution in [0.1, 0.15) is 51.9 Å². The first kappa shape index (κ1) is 18.9. The molecule has 1 atom stereocenters. The summed E-state index contributed by atoms with van der Waals surface area (Å²) in [5, 5.41) is 7.38. The number of nitrogens with one attached hydrogen (secondary N) is 1. The number of carbonyl (C=O) groups excluding carboxylic acids is 1. The molecule has 0 saturated heterocycles. The zero-order valence-corrected chi connectivity index (χ0v) is 15.6. The van der Waals surface area contributed by atoms with E-state index in [1.54, 1.807) is 6.07 Å². The Bertz CT molecular complexity index is 774. The van der Waals surface area contributed by atoms with Gasteiger partial charge in [-0.3, -0.25) is 9.59 Å². The second-order valence-corrected chi connectivity index (χ2v) is 7.66. The van der Waals surface area contributed by atoms with Crippen molar-refractivity contribution in [1.29, 1.82) is 0 Å². The lowest BCUT2D eigenvalue weighted by atomic mass is 9.92. The van der Waals surface area contributed by atoms with Gasteiger partial charge < -0.3 is 5.32 Å². The second kappa shape index (κ2) is 7.64. The van der Waals surface area contributed by atoms with Crippen molar-refractivity contribution in [2.45, 2.75) is 52.6 Å². The van der Waals surface area contributed by atoms with Crippen LogP contribution in [0.4, 0.5) is 0 Å². The van der Waals surface area contributed by atoms with Gasteiger partial charge in [0.15, 0.2) is 0 Å². The standard InChI is InChI=1S/C20H27N3O2/c1-14(2)19(15-9-7-6-8-10-15)21-17(24)13-23-18(25)12-11-16(22-23)20(3,4)5/h6-12,14,19H,13H2,1-5H3,(H,21,24). The number of aromatic nitrogens is 2. The van der Waals surface area contributed by atoms with E-state index in [0.717, 1.165) is 11.3 Å². The van der Waals surface area contributed by atoms with Crippen LogP contribution in [-0.4, -0.2) is 15.7 Å². The smallest absolute Gasteiger partial charge is 0.267 e. The van der Waals surface area contributed by atoms with Crippen LogP contribution in [0.3, 0.4) is 0 Å². The van der Waals surface area contributed by atoms with E-state index in [4.69, 9.17) is 0 Å². The minimum absolute atomic E-state index is 0.0845. The number of carbonyl (C=O) groups is 1. The molecule has 5 nitrogen and oxygen atoms in total. The average Bonchev–Trinajstić information content (AvgIpc) is 2.54. The van der Waals surface area contributed by atoms with Gasteiger partial charge >= 0.3 is 0 Å². The Morgan fingerprint density at radius 3 is 2.32 bits per heavy atom. The van der Waals surface area contributed by atoms with Crippen LogP contribution >= 0.6 is 0 Å². The van der Waals surface area contributed by atoms with E-state index in [2.05, 4.69) is 24.3 Å². The summed E-state index contributed by atoms with van der Waals surface area (Å²) in [4.78, 5) is 24.5. The van der Waals surface area contributed by atoms with Gasteiger partial charge in [0.05, 0.1) is 11.7 Å². The first-order chi connectivity index (χ1) is 11.7. The van der Waals surface area contributed by atoms with Crippen LogP contribution in [0, 0.1) is 5.92 Å². The third-order valence-corrected chi connectivity index (χ3v) is 4.07. The van der Waals surface area contributed by atoms with E-state index in [-0.39, 0.29) is 35.4 Å². The molecule has 0 aliphatic heterocycles. The number of nitrogens with zero attached hydrogens (tertiary/aromatic N) is 2. The molecule has 0 saturated carbocycles. The maximum atomic E-state index is 12.5. The Labute approximate surface area is 149 Å². The minimum atomic E-state index is -0.274. The SMILES string of the molecule is CC(C)C(NC(=O)Cn1nc(C(C)(C)C)ccc1=O)c1ccccc1. The molecule has 0 aliphatic rings. The number of hydrogen-bond donors (Lipinski definition) is 1. The third-order valence-electron chi connectivity index (χ3n) is 4.07. The summed E-state index contributed by atoms with van der Waals surface area (Å²) in [6.45, 7) is 10.1. The third kappa shape index (κ3) is 5.02. The molecule has 25 heavy (non-hydrogen) atoms. The fourth-order valence-corrected chi connectivity index (χ4v) is 2.61. The molecule has 1 N–H and O–H groups in total. The van der Waals surface area contributed by atoms with E-state index in [1.165, 1.54) is 10.7 Å². The maximum absolute atomic E-state index is 12.5. The topological polar surface area (TPSA) is 64.0 Å². The van der Waals surface area contributed by atoms with Gasteiger partial charge in [0.2, 0.25) is 5.91 Å². The first-order valence-corrected chi connectivity index (χ1v) is 8.61. The highest BCUT2D eigenvalue weighted by Gasteiger charge is 2.20. The average molecular weight is 341 g/mol. The van der Waals surface area contributed by atoms with Gasteiger partial charge in [-0.1, -0.05) is 65.0 Å². The molecule has 1 aromatic carbocycles. The highest BCUT2D eigenvalue weighted by atomic mass is 16.2. The molecule has 1 unspecified atom stereocenters. The van der Waals surface area contributed by atoms with Gasteiger partial charge in [0, 0.05) is 11.5 Å². The van der Waals surface area contributed by atoms with Gasteiger partial charge in [-0.2, -0.15) is 5.10 Å². The maximum Gasteiger partial charge on any atom is 0.267 e. The molecule has 2 aromatic rings. The van der Waals surface area contributed by atoms with Gasteiger partial charge in [-0.25, -0.2) is 4.68 Å². The van der Waals surface area contributed by atoms with Crippen LogP contribution < -0.4 is 10.9 Å². The summed E-state index contributed by atoms with van der Waals surface area (Å²) in [6, 6.07) is 12.9. The Balaban J connectivity index is 2.18. The molecule has 1 amide bonds. The van der Waals surface area contributed by atoms with Crippen molar-refractivity contribution in [1.82, 2.24) is 15.1 Å². The zero-order valence-electron chi connectivity index (χ0n) is 15.6. The first-order valence-electron chi connectivity index (χ1n) is 8.61. The molecular weight excluding hydrogens is 314 g/mol. The van der Waals surface area contributed by atoms with Gasteiger partial charge in [0.25, 0.3) is 5.56 Å². The molecular formula is C20H27N3O2. The van der Waals surface area contributed by atoms with Crippen LogP contribution in [0.15, 0.2) is 47.3 Å². The quantitative estimate of drug-likeness (QED) is 0.909. The molecule has 1 heterocycles. The predicted octanol–water partition coefficient (Wildman–Crippen LogP) is 3.05. The molecule has 5 heteroatoms. The summed E-state index contributed by atoms with van der Waals surface area (Å²) < 4.78 is 1.23. The Morgan fingerprint density at radius 2 is 1.76 bits per heavy atom. The fraction of sp³-hybridized carbons (Fsp3) is 0.450. The van der Waals surface area contributed by atoms with Crippen molar-refractivity contribution in [3.8, 4) is 0 Å². The van der Waals surface area contributed by atoms with E-state index in [9.17, 15) is 9.59 Å². The van der Waals surface area contributed by atoms with Gasteiger partial charge in [-0.05, 0) is 17.5 Å². The number of rotatable bonds is 5.